The number of carboxylic acids is 1. The largest absolute Gasteiger partial charge is 0.478 e. The van der Waals surface area contributed by atoms with Crippen molar-refractivity contribution in [2.75, 3.05) is 5.32 Å². The van der Waals surface area contributed by atoms with Crippen LogP contribution >= 0.6 is 0 Å². The van der Waals surface area contributed by atoms with Gasteiger partial charge in [0.25, 0.3) is 5.69 Å². The lowest BCUT2D eigenvalue weighted by atomic mass is 9.76. The molecule has 0 saturated heterocycles. The number of aromatic carboxylic acids is 1. The number of allylic oxidation sites excluding steroid dienone is 2. The molecule has 2 aromatic carbocycles. The molecule has 4 rings (SSSR count). The van der Waals surface area contributed by atoms with Gasteiger partial charge in [0.1, 0.15) is 5.69 Å². The maximum Gasteiger partial charge on any atom is 0.335 e. The van der Waals surface area contributed by atoms with Crippen LogP contribution in [0.4, 0.5) is 11.4 Å². The summed E-state index contributed by atoms with van der Waals surface area (Å²) in [6, 6.07) is 11.8. The van der Waals surface area contributed by atoms with Gasteiger partial charge in [-0.15, -0.1) is 0 Å². The molecule has 25 heavy (non-hydrogen) atoms. The van der Waals surface area contributed by atoms with Gasteiger partial charge in [-0.2, -0.15) is 0 Å². The van der Waals surface area contributed by atoms with E-state index in [9.17, 15) is 14.9 Å². The van der Waals surface area contributed by atoms with Crippen LogP contribution in [0.5, 0.6) is 0 Å². The molecule has 0 bridgehead atoms. The number of carboxylic acid groups (broad SMARTS) is 1. The van der Waals surface area contributed by atoms with Crippen molar-refractivity contribution < 1.29 is 14.8 Å². The van der Waals surface area contributed by atoms with Crippen LogP contribution in [0.1, 0.15) is 39.9 Å². The molecular weight excluding hydrogens is 320 g/mol. The number of benzene rings is 2. The van der Waals surface area contributed by atoms with Gasteiger partial charge in [0.15, 0.2) is 0 Å². The van der Waals surface area contributed by atoms with E-state index in [0.717, 1.165) is 17.5 Å². The van der Waals surface area contributed by atoms with Crippen molar-refractivity contribution in [3.05, 3.63) is 81.4 Å². The molecule has 6 nitrogen and oxygen atoms in total. The maximum atomic E-state index is 11.4. The van der Waals surface area contributed by atoms with Gasteiger partial charge in [0.2, 0.25) is 0 Å². The fourth-order valence-electron chi connectivity index (χ4n) is 3.92. The van der Waals surface area contributed by atoms with Crippen LogP contribution in [-0.2, 0) is 0 Å². The minimum atomic E-state index is -0.968. The molecule has 2 N–H and O–H groups in total. The summed E-state index contributed by atoms with van der Waals surface area (Å²) < 4.78 is 0. The summed E-state index contributed by atoms with van der Waals surface area (Å²) in [6.45, 7) is 0. The molecule has 0 saturated carbocycles. The van der Waals surface area contributed by atoms with Crippen LogP contribution in [0.25, 0.3) is 0 Å². The number of hydrogen-bond donors (Lipinski definition) is 2. The van der Waals surface area contributed by atoms with E-state index in [1.807, 2.05) is 6.07 Å². The molecule has 0 radical (unpaired) electrons. The third kappa shape index (κ3) is 2.46. The third-order valence-corrected chi connectivity index (χ3v) is 5.09. The molecule has 0 aromatic heterocycles. The summed E-state index contributed by atoms with van der Waals surface area (Å²) in [4.78, 5) is 22.1. The van der Waals surface area contributed by atoms with E-state index in [1.165, 1.54) is 6.07 Å². The standard InChI is InChI=1S/C19H16N2O4/c22-19(23)12-9-7-11(8-10-12)17-14-4-1-3-13(14)15-5-2-6-16(21(24)25)18(15)20-17/h1-3,5-10,13-14,17,20H,4H2,(H,22,23)/t13-,14-,17-/m0/s1. The zero-order valence-corrected chi connectivity index (χ0v) is 13.3. The van der Waals surface area contributed by atoms with E-state index in [-0.39, 0.29) is 34.1 Å². The van der Waals surface area contributed by atoms with Crippen molar-refractivity contribution in [3.8, 4) is 0 Å². The number of nitro groups is 1. The Morgan fingerprint density at radius 3 is 2.64 bits per heavy atom. The Morgan fingerprint density at radius 2 is 1.96 bits per heavy atom. The van der Waals surface area contributed by atoms with E-state index in [0.29, 0.717) is 5.69 Å². The van der Waals surface area contributed by atoms with Gasteiger partial charge >= 0.3 is 5.97 Å². The first kappa shape index (κ1) is 15.4. The summed E-state index contributed by atoms with van der Waals surface area (Å²) in [5.74, 6) is -0.588. The summed E-state index contributed by atoms with van der Waals surface area (Å²) in [7, 11) is 0. The molecule has 6 heteroatoms. The first-order chi connectivity index (χ1) is 12.1. The Balaban J connectivity index is 1.78. The second-order valence-corrected chi connectivity index (χ2v) is 6.40. The molecule has 126 valence electrons. The van der Waals surface area contributed by atoms with E-state index in [4.69, 9.17) is 5.11 Å². The van der Waals surface area contributed by atoms with E-state index < -0.39 is 5.97 Å². The molecule has 3 atom stereocenters. The second kappa shape index (κ2) is 5.73. The molecule has 0 amide bonds. The number of nitro benzene ring substituents is 1. The van der Waals surface area contributed by atoms with Gasteiger partial charge < -0.3 is 10.4 Å². The lowest BCUT2D eigenvalue weighted by Gasteiger charge is -2.37. The minimum absolute atomic E-state index is 0.0726. The molecule has 2 aliphatic rings. The lowest BCUT2D eigenvalue weighted by Crippen LogP contribution is -2.29. The number of rotatable bonds is 3. The number of fused-ring (bicyclic) bond motifs is 3. The molecule has 0 fully saturated rings. The Bertz CT molecular complexity index is 889. The number of anilines is 1. The molecule has 0 spiro atoms. The molecule has 0 unspecified atom stereocenters. The van der Waals surface area contributed by atoms with Crippen LogP contribution < -0.4 is 5.32 Å². The Kier molecular flexibility index (Phi) is 3.53. The van der Waals surface area contributed by atoms with Gasteiger partial charge in [-0.1, -0.05) is 36.4 Å². The smallest absolute Gasteiger partial charge is 0.335 e. The van der Waals surface area contributed by atoms with Crippen molar-refractivity contribution in [3.63, 3.8) is 0 Å². The number of para-hydroxylation sites is 1. The highest BCUT2D eigenvalue weighted by Crippen LogP contribution is 2.51. The SMILES string of the molecule is O=C(O)c1ccc([C@@H]2Nc3c(cccc3[N+](=O)[O-])[C@H]3C=CC[C@@H]32)cc1. The molecule has 1 heterocycles. The summed E-state index contributed by atoms with van der Waals surface area (Å²) in [5.41, 5.74) is 2.75. The van der Waals surface area contributed by atoms with Gasteiger partial charge in [-0.05, 0) is 35.6 Å². The number of nitrogens with one attached hydrogen (secondary N) is 1. The number of carbonyl (C=O) groups is 1. The van der Waals surface area contributed by atoms with Crippen LogP contribution in [0, 0.1) is 16.0 Å². The van der Waals surface area contributed by atoms with E-state index >= 15 is 0 Å². The third-order valence-electron chi connectivity index (χ3n) is 5.09. The van der Waals surface area contributed by atoms with Crippen molar-refractivity contribution in [2.24, 2.45) is 5.92 Å². The minimum Gasteiger partial charge on any atom is -0.478 e. The van der Waals surface area contributed by atoms with Crippen molar-refractivity contribution in [2.45, 2.75) is 18.4 Å². The Labute approximate surface area is 144 Å². The number of nitrogens with zero attached hydrogens (tertiary/aromatic N) is 1. The van der Waals surface area contributed by atoms with Gasteiger partial charge in [-0.3, -0.25) is 10.1 Å². The first-order valence-corrected chi connectivity index (χ1v) is 8.10. The van der Waals surface area contributed by atoms with E-state index in [2.05, 4.69) is 17.5 Å². The highest BCUT2D eigenvalue weighted by Gasteiger charge is 2.40. The average molecular weight is 336 g/mol. The summed E-state index contributed by atoms with van der Waals surface area (Å²) in [5, 5.41) is 23.8. The van der Waals surface area contributed by atoms with Crippen LogP contribution in [0.3, 0.4) is 0 Å². The molecule has 1 aliphatic heterocycles. The normalized spacial score (nSPS) is 23.4. The predicted molar refractivity (Wildman–Crippen MR) is 92.8 cm³/mol. The van der Waals surface area contributed by atoms with Crippen LogP contribution in [0.15, 0.2) is 54.6 Å². The Hall–Kier alpha value is -3.15. The van der Waals surface area contributed by atoms with Crippen LogP contribution in [0.2, 0.25) is 0 Å². The van der Waals surface area contributed by atoms with Gasteiger partial charge in [-0.25, -0.2) is 4.79 Å². The van der Waals surface area contributed by atoms with E-state index in [1.54, 1.807) is 30.3 Å². The van der Waals surface area contributed by atoms with Crippen molar-refractivity contribution in [1.29, 1.82) is 0 Å². The zero-order chi connectivity index (χ0) is 17.6. The lowest BCUT2D eigenvalue weighted by molar-refractivity contribution is -0.384. The summed E-state index contributed by atoms with van der Waals surface area (Å²) in [6.07, 6.45) is 5.11. The van der Waals surface area contributed by atoms with Crippen molar-refractivity contribution >= 4 is 17.3 Å². The van der Waals surface area contributed by atoms with Crippen molar-refractivity contribution in [1.82, 2.24) is 0 Å². The zero-order valence-electron chi connectivity index (χ0n) is 13.3. The topological polar surface area (TPSA) is 92.5 Å². The van der Waals surface area contributed by atoms with Crippen LogP contribution in [-0.4, -0.2) is 16.0 Å². The highest BCUT2D eigenvalue weighted by atomic mass is 16.6. The molecule has 2 aromatic rings. The molecular formula is C19H16N2O4. The monoisotopic (exact) mass is 336 g/mol. The Morgan fingerprint density at radius 1 is 1.20 bits per heavy atom. The quantitative estimate of drug-likeness (QED) is 0.500. The fourth-order valence-corrected chi connectivity index (χ4v) is 3.92. The van der Waals surface area contributed by atoms with Gasteiger partial charge in [0, 0.05) is 12.0 Å². The summed E-state index contributed by atoms with van der Waals surface area (Å²) >= 11 is 0. The first-order valence-electron chi connectivity index (χ1n) is 8.10. The average Bonchev–Trinajstić information content (AvgIpc) is 3.10. The molecule has 1 aliphatic carbocycles. The predicted octanol–water partition coefficient (Wildman–Crippen LogP) is 4.12. The second-order valence-electron chi connectivity index (χ2n) is 6.40. The fraction of sp³-hybridized carbons (Fsp3) is 0.211. The maximum absolute atomic E-state index is 11.4. The highest BCUT2D eigenvalue weighted by molar-refractivity contribution is 5.87. The van der Waals surface area contributed by atoms with Gasteiger partial charge in [0.05, 0.1) is 16.5 Å². The number of hydrogen-bond acceptors (Lipinski definition) is 4.